The van der Waals surface area contributed by atoms with Gasteiger partial charge in [0.1, 0.15) is 11.2 Å². The first kappa shape index (κ1) is 34.9. The zero-order valence-corrected chi connectivity index (χ0v) is 34.4. The van der Waals surface area contributed by atoms with Crippen molar-refractivity contribution in [2.45, 2.75) is 0 Å². The highest BCUT2D eigenvalue weighted by molar-refractivity contribution is 6.12. The number of nitrogens with zero attached hydrogens (tertiary/aromatic N) is 5. The van der Waals surface area contributed by atoms with E-state index in [1.807, 2.05) is 24.8 Å². The molecular formula is C58H35N5O. The monoisotopic (exact) mass is 817 g/mol. The van der Waals surface area contributed by atoms with Crippen LogP contribution in [0.4, 0.5) is 0 Å². The highest BCUT2D eigenvalue weighted by Gasteiger charge is 2.19. The minimum absolute atomic E-state index is 0.859. The van der Waals surface area contributed by atoms with Gasteiger partial charge in [0.15, 0.2) is 0 Å². The van der Waals surface area contributed by atoms with Crippen molar-refractivity contribution in [3.8, 4) is 39.3 Å². The van der Waals surface area contributed by atoms with Crippen molar-refractivity contribution in [1.29, 1.82) is 0 Å². The summed E-state index contributed by atoms with van der Waals surface area (Å²) in [5.74, 6) is 0. The molecule has 0 N–H and O–H groups in total. The predicted molar refractivity (Wildman–Crippen MR) is 263 cm³/mol. The second-order valence-electron chi connectivity index (χ2n) is 16.7. The predicted octanol–water partition coefficient (Wildman–Crippen LogP) is 15.0. The number of para-hydroxylation sites is 4. The molecule has 0 atom stereocenters. The standard InChI is InChI=1S/C58H35N5O/c1-5-13-51-43(9-1)44-10-2-6-14-52(44)62(51)41-29-39(30-42(32-41)63-53-15-7-3-11-45(53)46-12-4-8-16-54(46)63)37-19-17-36(18-20-37)38-21-23-57-47(31-38)48-33-40(22-24-58(48)64-57)61-55-25-27-59-34-49(55)50-35-60-28-26-56(50)61/h1-35H. The van der Waals surface area contributed by atoms with E-state index in [9.17, 15) is 0 Å². The van der Waals surface area contributed by atoms with Crippen LogP contribution in [0.5, 0.6) is 0 Å². The maximum Gasteiger partial charge on any atom is 0.135 e. The molecule has 0 spiro atoms. The zero-order valence-electron chi connectivity index (χ0n) is 34.4. The van der Waals surface area contributed by atoms with Crippen LogP contribution >= 0.6 is 0 Å². The maximum atomic E-state index is 6.42. The molecule has 0 aliphatic carbocycles. The van der Waals surface area contributed by atoms with Gasteiger partial charge < -0.3 is 18.1 Å². The van der Waals surface area contributed by atoms with Crippen molar-refractivity contribution in [2.75, 3.05) is 0 Å². The van der Waals surface area contributed by atoms with Gasteiger partial charge >= 0.3 is 0 Å². The number of rotatable bonds is 5. The summed E-state index contributed by atoms with van der Waals surface area (Å²) < 4.78 is 13.6. The molecule has 0 aliphatic heterocycles. The number of pyridine rings is 2. The SMILES string of the molecule is c1ccc2c(c1)c1ccccc1n2-c1cc(-c2ccc(-c3ccc4oc5ccc(-n6c7ccncc7c7cnccc76)cc5c4c3)cc2)cc(-n2c3ccccc3c3ccccc32)c1. The van der Waals surface area contributed by atoms with Crippen LogP contribution in [0.25, 0.3) is 127 Å². The Hall–Kier alpha value is -8.74. The Labute approximate surface area is 366 Å². The van der Waals surface area contributed by atoms with Crippen LogP contribution in [0.1, 0.15) is 0 Å². The topological polar surface area (TPSA) is 53.7 Å². The Balaban J connectivity index is 0.916. The molecular weight excluding hydrogens is 783 g/mol. The third-order valence-corrected chi connectivity index (χ3v) is 13.2. The molecule has 0 saturated heterocycles. The van der Waals surface area contributed by atoms with E-state index in [0.29, 0.717) is 0 Å². The number of benzene rings is 8. The number of hydrogen-bond donors (Lipinski definition) is 0. The Morgan fingerprint density at radius 1 is 0.281 bits per heavy atom. The normalized spacial score (nSPS) is 12.1. The quantitative estimate of drug-likeness (QED) is 0.174. The van der Waals surface area contributed by atoms with Crippen LogP contribution in [0.2, 0.25) is 0 Å². The molecule has 0 aliphatic rings. The van der Waals surface area contributed by atoms with Gasteiger partial charge in [-0.05, 0) is 107 Å². The van der Waals surface area contributed by atoms with Crippen LogP contribution in [-0.4, -0.2) is 23.7 Å². The molecule has 6 heteroatoms. The Bertz CT molecular complexity index is 3910. The van der Waals surface area contributed by atoms with Crippen molar-refractivity contribution in [3.05, 3.63) is 213 Å². The van der Waals surface area contributed by atoms with E-state index in [1.54, 1.807) is 0 Å². The van der Waals surface area contributed by atoms with Gasteiger partial charge in [-0.1, -0.05) is 103 Å². The van der Waals surface area contributed by atoms with Crippen molar-refractivity contribution < 1.29 is 4.42 Å². The van der Waals surface area contributed by atoms with Gasteiger partial charge in [-0.3, -0.25) is 9.97 Å². The van der Waals surface area contributed by atoms with E-state index in [0.717, 1.165) is 83.1 Å². The summed E-state index contributed by atoms with van der Waals surface area (Å²) in [7, 11) is 0. The summed E-state index contributed by atoms with van der Waals surface area (Å²) >= 11 is 0. The van der Waals surface area contributed by atoms with E-state index in [1.165, 1.54) is 43.6 Å². The molecule has 6 heterocycles. The molecule has 0 unspecified atom stereocenters. The van der Waals surface area contributed by atoms with Crippen molar-refractivity contribution in [1.82, 2.24) is 23.7 Å². The molecule has 6 aromatic heterocycles. The first-order chi connectivity index (χ1) is 31.7. The number of aromatic nitrogens is 5. The lowest BCUT2D eigenvalue weighted by molar-refractivity contribution is 0.669. The second-order valence-corrected chi connectivity index (χ2v) is 16.7. The van der Waals surface area contributed by atoms with Gasteiger partial charge in [-0.2, -0.15) is 0 Å². The van der Waals surface area contributed by atoms with E-state index < -0.39 is 0 Å². The summed E-state index contributed by atoms with van der Waals surface area (Å²) in [5, 5.41) is 9.28. The fraction of sp³-hybridized carbons (Fsp3) is 0. The van der Waals surface area contributed by atoms with Crippen LogP contribution < -0.4 is 0 Å². The lowest BCUT2D eigenvalue weighted by Crippen LogP contribution is -2.00. The first-order valence-corrected chi connectivity index (χ1v) is 21.6. The Kier molecular flexibility index (Phi) is 7.30. The van der Waals surface area contributed by atoms with Crippen LogP contribution in [0.3, 0.4) is 0 Å². The van der Waals surface area contributed by atoms with Crippen molar-refractivity contribution in [3.63, 3.8) is 0 Å². The summed E-state index contributed by atoms with van der Waals surface area (Å²) in [5.41, 5.74) is 16.5. The minimum Gasteiger partial charge on any atom is -0.456 e. The molecule has 0 amide bonds. The summed E-state index contributed by atoms with van der Waals surface area (Å²) in [4.78, 5) is 8.85. The lowest BCUT2D eigenvalue weighted by atomic mass is 9.98. The van der Waals surface area contributed by atoms with E-state index in [2.05, 4.69) is 212 Å². The smallest absolute Gasteiger partial charge is 0.135 e. The van der Waals surface area contributed by atoms with Gasteiger partial charge in [0.25, 0.3) is 0 Å². The van der Waals surface area contributed by atoms with E-state index >= 15 is 0 Å². The number of fused-ring (bicyclic) bond motifs is 12. The second kappa shape index (κ2) is 13.4. The summed E-state index contributed by atoms with van der Waals surface area (Å²) in [6.45, 7) is 0. The summed E-state index contributed by atoms with van der Waals surface area (Å²) in [6.07, 6.45) is 7.54. The molecule has 0 bridgehead atoms. The fourth-order valence-electron chi connectivity index (χ4n) is 10.3. The molecule has 0 saturated carbocycles. The molecule has 14 aromatic rings. The maximum absolute atomic E-state index is 6.42. The highest BCUT2D eigenvalue weighted by atomic mass is 16.3. The Morgan fingerprint density at radius 2 is 0.688 bits per heavy atom. The minimum atomic E-state index is 0.859. The lowest BCUT2D eigenvalue weighted by Gasteiger charge is -2.16. The number of hydrogen-bond acceptors (Lipinski definition) is 3. The molecule has 64 heavy (non-hydrogen) atoms. The average molecular weight is 818 g/mol. The van der Waals surface area contributed by atoms with E-state index in [4.69, 9.17) is 4.42 Å². The van der Waals surface area contributed by atoms with Crippen LogP contribution in [0, 0.1) is 0 Å². The third kappa shape index (κ3) is 5.08. The zero-order chi connectivity index (χ0) is 41.9. The van der Waals surface area contributed by atoms with Gasteiger partial charge in [0.2, 0.25) is 0 Å². The van der Waals surface area contributed by atoms with Crippen LogP contribution in [-0.2, 0) is 0 Å². The van der Waals surface area contributed by atoms with Crippen molar-refractivity contribution >= 4 is 87.4 Å². The molecule has 8 aromatic carbocycles. The van der Waals surface area contributed by atoms with Crippen LogP contribution in [0.15, 0.2) is 217 Å². The third-order valence-electron chi connectivity index (χ3n) is 13.2. The Morgan fingerprint density at radius 3 is 1.20 bits per heavy atom. The van der Waals surface area contributed by atoms with Gasteiger partial charge in [-0.25, -0.2) is 0 Å². The number of furan rings is 1. The molecule has 298 valence electrons. The van der Waals surface area contributed by atoms with E-state index in [-0.39, 0.29) is 0 Å². The molecule has 0 radical (unpaired) electrons. The highest BCUT2D eigenvalue weighted by Crippen LogP contribution is 2.40. The van der Waals surface area contributed by atoms with Gasteiger partial charge in [0, 0.05) is 84.9 Å². The van der Waals surface area contributed by atoms with Gasteiger partial charge in [-0.15, -0.1) is 0 Å². The largest absolute Gasteiger partial charge is 0.456 e. The fourth-order valence-corrected chi connectivity index (χ4v) is 10.3. The molecule has 14 rings (SSSR count). The van der Waals surface area contributed by atoms with Crippen molar-refractivity contribution in [2.24, 2.45) is 0 Å². The average Bonchev–Trinajstić information content (AvgIpc) is 4.10. The van der Waals surface area contributed by atoms with Gasteiger partial charge in [0.05, 0.1) is 33.1 Å². The first-order valence-electron chi connectivity index (χ1n) is 21.6. The summed E-state index contributed by atoms with van der Waals surface area (Å²) in [6, 6.07) is 68.1. The molecule has 6 nitrogen and oxygen atoms in total. The molecule has 0 fully saturated rings.